The van der Waals surface area contributed by atoms with Crippen molar-refractivity contribution in [2.24, 2.45) is 0 Å². The molecule has 4 heteroatoms. The van der Waals surface area contributed by atoms with Crippen LogP contribution in [0, 0.1) is 11.8 Å². The third-order valence-electron chi connectivity index (χ3n) is 3.00. The number of carbonyl (C=O) groups excluding carboxylic acids is 1. The van der Waals surface area contributed by atoms with Crippen LogP contribution in [0.2, 0.25) is 0 Å². The Balaban J connectivity index is 2.12. The van der Waals surface area contributed by atoms with Gasteiger partial charge in [0.1, 0.15) is 6.26 Å². The number of aliphatic hydroxyl groups is 1. The van der Waals surface area contributed by atoms with Gasteiger partial charge in [-0.3, -0.25) is 4.79 Å². The molecule has 21 heavy (non-hydrogen) atoms. The number of hydrogen-bond donors (Lipinski definition) is 1. The maximum Gasteiger partial charge on any atom is 0.257 e. The van der Waals surface area contributed by atoms with Crippen molar-refractivity contribution in [2.75, 3.05) is 13.7 Å². The third-order valence-corrected chi connectivity index (χ3v) is 3.00. The summed E-state index contributed by atoms with van der Waals surface area (Å²) in [4.78, 5) is 13.8. The summed E-state index contributed by atoms with van der Waals surface area (Å²) in [5, 5.41) is 8.77. The van der Waals surface area contributed by atoms with E-state index in [0.29, 0.717) is 18.5 Å². The maximum atomic E-state index is 12.2. The van der Waals surface area contributed by atoms with Crippen LogP contribution in [-0.4, -0.2) is 29.6 Å². The molecule has 0 radical (unpaired) electrons. The van der Waals surface area contributed by atoms with Crippen LogP contribution in [0.15, 0.2) is 47.3 Å². The molecule has 1 N–H and O–H groups in total. The zero-order valence-electron chi connectivity index (χ0n) is 11.9. The van der Waals surface area contributed by atoms with E-state index in [4.69, 9.17) is 9.52 Å². The van der Waals surface area contributed by atoms with Gasteiger partial charge in [0.2, 0.25) is 0 Å². The lowest BCUT2D eigenvalue weighted by Gasteiger charge is -2.17. The predicted molar refractivity (Wildman–Crippen MR) is 79.5 cm³/mol. The zero-order chi connectivity index (χ0) is 15.1. The van der Waals surface area contributed by atoms with Crippen LogP contribution in [0.1, 0.15) is 27.9 Å². The van der Waals surface area contributed by atoms with Crippen LogP contribution in [0.3, 0.4) is 0 Å². The van der Waals surface area contributed by atoms with Gasteiger partial charge in [0.25, 0.3) is 5.91 Å². The van der Waals surface area contributed by atoms with Gasteiger partial charge in [0.05, 0.1) is 18.4 Å². The summed E-state index contributed by atoms with van der Waals surface area (Å²) < 4.78 is 4.93. The summed E-state index contributed by atoms with van der Waals surface area (Å²) >= 11 is 0. The minimum Gasteiger partial charge on any atom is -0.472 e. The number of nitrogens with zero attached hydrogens (tertiary/aromatic N) is 1. The van der Waals surface area contributed by atoms with Crippen molar-refractivity contribution in [1.29, 1.82) is 0 Å². The number of rotatable bonds is 4. The molecule has 1 aromatic heterocycles. The number of furan rings is 1. The molecule has 0 saturated carbocycles. The Morgan fingerprint density at radius 3 is 2.86 bits per heavy atom. The third kappa shape index (κ3) is 3.98. The highest BCUT2D eigenvalue weighted by Crippen LogP contribution is 2.12. The van der Waals surface area contributed by atoms with Gasteiger partial charge in [-0.1, -0.05) is 30.0 Å². The van der Waals surface area contributed by atoms with Gasteiger partial charge in [-0.2, -0.15) is 0 Å². The van der Waals surface area contributed by atoms with Crippen LogP contribution in [0.4, 0.5) is 0 Å². The van der Waals surface area contributed by atoms with Gasteiger partial charge in [-0.25, -0.2) is 0 Å². The topological polar surface area (TPSA) is 53.7 Å². The second kappa shape index (κ2) is 7.32. The van der Waals surface area contributed by atoms with Gasteiger partial charge >= 0.3 is 0 Å². The largest absolute Gasteiger partial charge is 0.472 e. The number of aliphatic hydroxyl groups excluding tert-OH is 1. The Labute approximate surface area is 124 Å². The van der Waals surface area contributed by atoms with Crippen molar-refractivity contribution in [1.82, 2.24) is 4.90 Å². The van der Waals surface area contributed by atoms with Gasteiger partial charge < -0.3 is 14.4 Å². The van der Waals surface area contributed by atoms with E-state index in [-0.39, 0.29) is 12.5 Å². The van der Waals surface area contributed by atoms with E-state index in [1.807, 2.05) is 24.3 Å². The van der Waals surface area contributed by atoms with Gasteiger partial charge in [0.15, 0.2) is 0 Å². The van der Waals surface area contributed by atoms with Crippen LogP contribution >= 0.6 is 0 Å². The lowest BCUT2D eigenvalue weighted by Crippen LogP contribution is -2.26. The summed E-state index contributed by atoms with van der Waals surface area (Å²) in [5.74, 6) is 5.83. The highest BCUT2D eigenvalue weighted by atomic mass is 16.3. The first-order valence-corrected chi connectivity index (χ1v) is 6.67. The second-order valence-electron chi connectivity index (χ2n) is 4.61. The fraction of sp³-hybridized carbons (Fsp3) is 0.235. The second-order valence-corrected chi connectivity index (χ2v) is 4.61. The Bertz CT molecular complexity index is 650. The first kappa shape index (κ1) is 14.9. The summed E-state index contributed by atoms with van der Waals surface area (Å²) in [6.07, 6.45) is 3.36. The standard InChI is InChI=1S/C17H17NO3/c1-18(17(20)16-9-11-21-13-16)12-15-8-3-2-6-14(15)7-4-5-10-19/h2-3,6,8-9,11,13,19H,5,10,12H2,1H3. The smallest absolute Gasteiger partial charge is 0.257 e. The van der Waals surface area contributed by atoms with Crippen molar-refractivity contribution in [3.8, 4) is 11.8 Å². The molecule has 1 aromatic carbocycles. The normalized spacial score (nSPS) is 9.81. The predicted octanol–water partition coefficient (Wildman–Crippen LogP) is 2.29. The van der Waals surface area contributed by atoms with E-state index < -0.39 is 0 Å². The summed E-state index contributed by atoms with van der Waals surface area (Å²) in [7, 11) is 1.74. The molecule has 2 aromatic rings. The van der Waals surface area contributed by atoms with Crippen molar-refractivity contribution in [3.05, 3.63) is 59.5 Å². The summed E-state index contributed by atoms with van der Waals surface area (Å²) in [6, 6.07) is 9.33. The number of carbonyl (C=O) groups is 1. The Morgan fingerprint density at radius 2 is 2.14 bits per heavy atom. The average Bonchev–Trinajstić information content (AvgIpc) is 3.02. The van der Waals surface area contributed by atoms with E-state index in [2.05, 4.69) is 11.8 Å². The van der Waals surface area contributed by atoms with Crippen molar-refractivity contribution in [3.63, 3.8) is 0 Å². The van der Waals surface area contributed by atoms with E-state index in [9.17, 15) is 4.79 Å². The fourth-order valence-corrected chi connectivity index (χ4v) is 1.93. The SMILES string of the molecule is CN(Cc1ccccc1C#CCCO)C(=O)c1ccoc1. The van der Waals surface area contributed by atoms with E-state index >= 15 is 0 Å². The van der Waals surface area contributed by atoms with Crippen molar-refractivity contribution < 1.29 is 14.3 Å². The van der Waals surface area contributed by atoms with E-state index in [0.717, 1.165) is 11.1 Å². The molecular weight excluding hydrogens is 266 g/mol. The van der Waals surface area contributed by atoms with Crippen LogP contribution in [0.5, 0.6) is 0 Å². The quantitative estimate of drug-likeness (QED) is 0.876. The molecule has 0 aliphatic rings. The summed E-state index contributed by atoms with van der Waals surface area (Å²) in [6.45, 7) is 0.516. The fourth-order valence-electron chi connectivity index (χ4n) is 1.93. The molecule has 108 valence electrons. The monoisotopic (exact) mass is 283 g/mol. The van der Waals surface area contributed by atoms with Crippen molar-refractivity contribution >= 4 is 5.91 Å². The van der Waals surface area contributed by atoms with E-state index in [1.54, 1.807) is 18.0 Å². The molecule has 0 atom stereocenters. The molecule has 0 bridgehead atoms. The minimum atomic E-state index is -0.0955. The Morgan fingerprint density at radius 1 is 1.33 bits per heavy atom. The Hall–Kier alpha value is -2.51. The molecule has 0 aliphatic heterocycles. The van der Waals surface area contributed by atoms with Gasteiger partial charge in [-0.05, 0) is 17.7 Å². The highest BCUT2D eigenvalue weighted by Gasteiger charge is 2.14. The van der Waals surface area contributed by atoms with Crippen LogP contribution < -0.4 is 0 Å². The molecule has 0 fully saturated rings. The van der Waals surface area contributed by atoms with Crippen molar-refractivity contribution in [2.45, 2.75) is 13.0 Å². The molecule has 1 amide bonds. The molecule has 0 aliphatic carbocycles. The molecule has 2 rings (SSSR count). The van der Waals surface area contributed by atoms with Crippen LogP contribution in [0.25, 0.3) is 0 Å². The Kier molecular flexibility index (Phi) is 5.19. The van der Waals surface area contributed by atoms with E-state index in [1.165, 1.54) is 12.5 Å². The molecule has 0 saturated heterocycles. The lowest BCUT2D eigenvalue weighted by atomic mass is 10.1. The molecule has 1 heterocycles. The maximum absolute atomic E-state index is 12.2. The molecule has 0 spiro atoms. The van der Waals surface area contributed by atoms with Gasteiger partial charge in [-0.15, -0.1) is 0 Å². The number of benzene rings is 1. The average molecular weight is 283 g/mol. The molecule has 4 nitrogen and oxygen atoms in total. The number of hydrogen-bond acceptors (Lipinski definition) is 3. The van der Waals surface area contributed by atoms with Gasteiger partial charge in [0, 0.05) is 25.6 Å². The lowest BCUT2D eigenvalue weighted by molar-refractivity contribution is 0.0784. The number of amides is 1. The molecular formula is C17H17NO3. The minimum absolute atomic E-state index is 0.0496. The first-order chi connectivity index (χ1) is 10.2. The first-order valence-electron chi connectivity index (χ1n) is 6.67. The zero-order valence-corrected chi connectivity index (χ0v) is 11.9. The summed E-state index contributed by atoms with van der Waals surface area (Å²) in [5.41, 5.74) is 2.38. The van der Waals surface area contributed by atoms with Crippen LogP contribution in [-0.2, 0) is 6.54 Å². The highest BCUT2D eigenvalue weighted by molar-refractivity contribution is 5.93. The molecule has 0 unspecified atom stereocenters.